The van der Waals surface area contributed by atoms with E-state index in [1.54, 1.807) is 6.92 Å². The lowest BCUT2D eigenvalue weighted by atomic mass is 9.87. The summed E-state index contributed by atoms with van der Waals surface area (Å²) in [6.45, 7) is 10.0. The molecule has 0 aliphatic heterocycles. The standard InChI is InChI=1S/C26H28BrNO4S/c1-15(32-20-13-9-18(10-14-20)26(3,4)5)23(29)28-24-22(25(30)31-6)21(16(2)33-24)17-7-11-19(27)12-8-17/h7-15H,1-6H3,(H,28,29). The highest BCUT2D eigenvalue weighted by molar-refractivity contribution is 9.10. The molecule has 1 amide bonds. The molecule has 0 saturated carbocycles. The maximum Gasteiger partial charge on any atom is 0.341 e. The van der Waals surface area contributed by atoms with Crippen LogP contribution in [0.5, 0.6) is 5.75 Å². The van der Waals surface area contributed by atoms with Crippen molar-refractivity contribution in [2.75, 3.05) is 12.4 Å². The van der Waals surface area contributed by atoms with Gasteiger partial charge in [0.25, 0.3) is 5.91 Å². The zero-order valence-corrected chi connectivity index (χ0v) is 22.0. The molecule has 0 bridgehead atoms. The summed E-state index contributed by atoms with van der Waals surface area (Å²) in [5.41, 5.74) is 3.19. The van der Waals surface area contributed by atoms with Gasteiger partial charge in [-0.15, -0.1) is 11.3 Å². The third kappa shape index (κ3) is 5.84. The van der Waals surface area contributed by atoms with E-state index in [9.17, 15) is 9.59 Å². The number of aryl methyl sites for hydroxylation is 1. The number of carbonyl (C=O) groups is 2. The minimum atomic E-state index is -0.755. The SMILES string of the molecule is COC(=O)c1c(NC(=O)C(C)Oc2ccc(C(C)(C)C)cc2)sc(C)c1-c1ccc(Br)cc1. The first kappa shape index (κ1) is 25.0. The Hall–Kier alpha value is -2.64. The highest BCUT2D eigenvalue weighted by Gasteiger charge is 2.27. The summed E-state index contributed by atoms with van der Waals surface area (Å²) in [7, 11) is 1.33. The number of anilines is 1. The number of nitrogens with one attached hydrogen (secondary N) is 1. The molecular formula is C26H28BrNO4S. The summed E-state index contributed by atoms with van der Waals surface area (Å²) in [4.78, 5) is 26.5. The Kier molecular flexibility index (Phi) is 7.65. The second kappa shape index (κ2) is 10.1. The van der Waals surface area contributed by atoms with Crippen molar-refractivity contribution in [3.63, 3.8) is 0 Å². The molecule has 0 saturated heterocycles. The predicted octanol–water partition coefficient (Wildman–Crippen LogP) is 6.98. The van der Waals surface area contributed by atoms with Crippen LogP contribution in [0, 0.1) is 6.92 Å². The van der Waals surface area contributed by atoms with Crippen LogP contribution in [0.15, 0.2) is 53.0 Å². The van der Waals surface area contributed by atoms with Gasteiger partial charge >= 0.3 is 5.97 Å². The first-order valence-corrected chi connectivity index (χ1v) is 12.2. The number of halogens is 1. The maximum absolute atomic E-state index is 12.9. The van der Waals surface area contributed by atoms with E-state index in [0.717, 1.165) is 20.5 Å². The van der Waals surface area contributed by atoms with Gasteiger partial charge in [-0.3, -0.25) is 4.79 Å². The molecule has 1 heterocycles. The van der Waals surface area contributed by atoms with Gasteiger partial charge in [0.05, 0.1) is 7.11 Å². The number of rotatable bonds is 6. The molecule has 1 unspecified atom stereocenters. The molecule has 174 valence electrons. The number of carbonyl (C=O) groups excluding carboxylic acids is 2. The van der Waals surface area contributed by atoms with E-state index in [2.05, 4.69) is 42.0 Å². The van der Waals surface area contributed by atoms with E-state index in [4.69, 9.17) is 9.47 Å². The largest absolute Gasteiger partial charge is 0.481 e. The lowest BCUT2D eigenvalue weighted by molar-refractivity contribution is -0.122. The molecule has 5 nitrogen and oxygen atoms in total. The molecule has 7 heteroatoms. The molecule has 33 heavy (non-hydrogen) atoms. The Labute approximate surface area is 207 Å². The second-order valence-electron chi connectivity index (χ2n) is 8.76. The number of thiophene rings is 1. The van der Waals surface area contributed by atoms with Crippen molar-refractivity contribution in [3.8, 4) is 16.9 Å². The quantitative estimate of drug-likeness (QED) is 0.350. The van der Waals surface area contributed by atoms with Crippen molar-refractivity contribution in [1.29, 1.82) is 0 Å². The number of esters is 1. The van der Waals surface area contributed by atoms with Gasteiger partial charge in [0.2, 0.25) is 0 Å². The van der Waals surface area contributed by atoms with E-state index in [-0.39, 0.29) is 11.3 Å². The third-order valence-electron chi connectivity index (χ3n) is 5.25. The molecule has 1 atom stereocenters. The van der Waals surface area contributed by atoms with E-state index < -0.39 is 12.1 Å². The molecule has 3 aromatic rings. The van der Waals surface area contributed by atoms with Crippen LogP contribution in [0.1, 0.15) is 48.5 Å². The molecular weight excluding hydrogens is 502 g/mol. The summed E-state index contributed by atoms with van der Waals surface area (Å²) >= 11 is 4.77. The van der Waals surface area contributed by atoms with Gasteiger partial charge in [-0.2, -0.15) is 0 Å². The van der Waals surface area contributed by atoms with Crippen molar-refractivity contribution in [3.05, 3.63) is 69.0 Å². The topological polar surface area (TPSA) is 64.6 Å². The monoisotopic (exact) mass is 529 g/mol. The van der Waals surface area contributed by atoms with Gasteiger partial charge in [0, 0.05) is 14.9 Å². The molecule has 3 rings (SSSR count). The lowest BCUT2D eigenvalue weighted by Crippen LogP contribution is -2.30. The van der Waals surface area contributed by atoms with Gasteiger partial charge in [-0.05, 0) is 54.7 Å². The maximum atomic E-state index is 12.9. The van der Waals surface area contributed by atoms with Gasteiger partial charge < -0.3 is 14.8 Å². The number of benzene rings is 2. The van der Waals surface area contributed by atoms with Gasteiger partial charge in [-0.1, -0.05) is 61.0 Å². The second-order valence-corrected chi connectivity index (χ2v) is 10.9. The third-order valence-corrected chi connectivity index (χ3v) is 6.80. The minimum absolute atomic E-state index is 0.0371. The van der Waals surface area contributed by atoms with E-state index in [0.29, 0.717) is 16.3 Å². The summed E-state index contributed by atoms with van der Waals surface area (Å²) in [5.74, 6) is -0.237. The van der Waals surface area contributed by atoms with E-state index in [1.165, 1.54) is 24.0 Å². The Balaban J connectivity index is 1.83. The van der Waals surface area contributed by atoms with Crippen LogP contribution in [0.2, 0.25) is 0 Å². The fourth-order valence-corrected chi connectivity index (χ4v) is 4.73. The first-order chi connectivity index (χ1) is 15.5. The average Bonchev–Trinajstić information content (AvgIpc) is 3.09. The molecule has 1 aromatic heterocycles. The Morgan fingerprint density at radius 3 is 2.18 bits per heavy atom. The zero-order chi connectivity index (χ0) is 24.3. The number of methoxy groups -OCH3 is 1. The van der Waals surface area contributed by atoms with Crippen LogP contribution >= 0.6 is 27.3 Å². The van der Waals surface area contributed by atoms with Crippen LogP contribution in [-0.2, 0) is 14.9 Å². The molecule has 2 aromatic carbocycles. The summed E-state index contributed by atoms with van der Waals surface area (Å²) < 4.78 is 11.8. The molecule has 0 aliphatic carbocycles. The van der Waals surface area contributed by atoms with Crippen molar-refractivity contribution in [2.45, 2.75) is 46.1 Å². The Morgan fingerprint density at radius 1 is 1.03 bits per heavy atom. The van der Waals surface area contributed by atoms with Crippen molar-refractivity contribution in [1.82, 2.24) is 0 Å². The fourth-order valence-electron chi connectivity index (χ4n) is 3.40. The van der Waals surface area contributed by atoms with Crippen molar-refractivity contribution in [2.24, 2.45) is 0 Å². The highest BCUT2D eigenvalue weighted by atomic mass is 79.9. The number of hydrogen-bond donors (Lipinski definition) is 1. The molecule has 0 spiro atoms. The van der Waals surface area contributed by atoms with Crippen LogP contribution < -0.4 is 10.1 Å². The molecule has 1 N–H and O–H groups in total. The zero-order valence-electron chi connectivity index (χ0n) is 19.6. The first-order valence-electron chi connectivity index (χ1n) is 10.6. The van der Waals surface area contributed by atoms with Crippen molar-refractivity contribution >= 4 is 44.1 Å². The van der Waals surface area contributed by atoms with Gasteiger partial charge in [0.1, 0.15) is 16.3 Å². The van der Waals surface area contributed by atoms with E-state index in [1.807, 2.05) is 55.5 Å². The van der Waals surface area contributed by atoms with Crippen LogP contribution in [-0.4, -0.2) is 25.1 Å². The predicted molar refractivity (Wildman–Crippen MR) is 137 cm³/mol. The van der Waals surface area contributed by atoms with Crippen LogP contribution in [0.25, 0.3) is 11.1 Å². The minimum Gasteiger partial charge on any atom is -0.481 e. The highest BCUT2D eigenvalue weighted by Crippen LogP contribution is 2.40. The summed E-state index contributed by atoms with van der Waals surface area (Å²) in [6, 6.07) is 15.4. The van der Waals surface area contributed by atoms with Gasteiger partial charge in [0.15, 0.2) is 6.10 Å². The van der Waals surface area contributed by atoms with Gasteiger partial charge in [-0.25, -0.2) is 4.79 Å². The fraction of sp³-hybridized carbons (Fsp3) is 0.308. The molecule has 0 fully saturated rings. The Bertz CT molecular complexity index is 1140. The lowest BCUT2D eigenvalue weighted by Gasteiger charge is -2.20. The Morgan fingerprint density at radius 2 is 1.64 bits per heavy atom. The number of ether oxygens (including phenoxy) is 2. The smallest absolute Gasteiger partial charge is 0.341 e. The summed E-state index contributed by atoms with van der Waals surface area (Å²) in [6.07, 6.45) is -0.755. The number of hydrogen-bond acceptors (Lipinski definition) is 5. The average molecular weight is 530 g/mol. The number of amides is 1. The van der Waals surface area contributed by atoms with Crippen LogP contribution in [0.4, 0.5) is 5.00 Å². The summed E-state index contributed by atoms with van der Waals surface area (Å²) in [5, 5.41) is 3.31. The molecule has 0 radical (unpaired) electrons. The van der Waals surface area contributed by atoms with Crippen LogP contribution in [0.3, 0.4) is 0 Å². The molecule has 0 aliphatic rings. The van der Waals surface area contributed by atoms with Crippen molar-refractivity contribution < 1.29 is 19.1 Å². The van der Waals surface area contributed by atoms with E-state index >= 15 is 0 Å². The normalized spacial score (nSPS) is 12.2.